The minimum Gasteiger partial charge on any atom is -0.232 e. The molecule has 2 aromatic rings. The van der Waals surface area contributed by atoms with Gasteiger partial charge in [0.25, 0.3) is 0 Å². The van der Waals surface area contributed by atoms with Crippen molar-refractivity contribution >= 4 is 11.0 Å². The van der Waals surface area contributed by atoms with E-state index in [9.17, 15) is 0 Å². The molecular weight excluding hydrogens is 174 g/mol. The maximum Gasteiger partial charge on any atom is 0.190 e. The van der Waals surface area contributed by atoms with Crippen molar-refractivity contribution in [2.75, 3.05) is 0 Å². The zero-order valence-electron chi connectivity index (χ0n) is 8.23. The maximum atomic E-state index is 9.03. The van der Waals surface area contributed by atoms with E-state index in [4.69, 9.17) is 5.26 Å². The van der Waals surface area contributed by atoms with Gasteiger partial charge in [0.05, 0.1) is 11.0 Å². The van der Waals surface area contributed by atoms with Gasteiger partial charge < -0.3 is 0 Å². The molecule has 0 saturated carbocycles. The Hall–Kier alpha value is -1.82. The molecule has 0 atom stereocenters. The van der Waals surface area contributed by atoms with Crippen LogP contribution in [0.4, 0.5) is 0 Å². The summed E-state index contributed by atoms with van der Waals surface area (Å²) in [5.74, 6) is 1.09. The number of imidazole rings is 1. The monoisotopic (exact) mass is 185 g/mol. The molecule has 0 aliphatic heterocycles. The van der Waals surface area contributed by atoms with Crippen molar-refractivity contribution in [3.63, 3.8) is 0 Å². The van der Waals surface area contributed by atoms with Gasteiger partial charge in [0, 0.05) is 5.92 Å². The van der Waals surface area contributed by atoms with Crippen LogP contribution in [0, 0.1) is 11.5 Å². The lowest BCUT2D eigenvalue weighted by Gasteiger charge is -2.01. The number of hydrogen-bond acceptors (Lipinski definition) is 2. The largest absolute Gasteiger partial charge is 0.232 e. The molecule has 1 aromatic carbocycles. The number of rotatable bonds is 1. The first-order valence-corrected chi connectivity index (χ1v) is 4.61. The van der Waals surface area contributed by atoms with Crippen LogP contribution in [0.5, 0.6) is 0 Å². The zero-order chi connectivity index (χ0) is 10.1. The molecule has 1 heterocycles. The normalized spacial score (nSPS) is 10.7. The van der Waals surface area contributed by atoms with Crippen molar-refractivity contribution < 1.29 is 0 Å². The Kier molecular flexibility index (Phi) is 1.97. The van der Waals surface area contributed by atoms with Crippen molar-refractivity contribution in [3.8, 4) is 6.19 Å². The number of hydrogen-bond donors (Lipinski definition) is 0. The molecule has 2 rings (SSSR count). The van der Waals surface area contributed by atoms with E-state index >= 15 is 0 Å². The molecule has 0 unspecified atom stereocenters. The Morgan fingerprint density at radius 3 is 2.71 bits per heavy atom. The third kappa shape index (κ3) is 1.16. The highest BCUT2D eigenvalue weighted by molar-refractivity contribution is 5.76. The fourth-order valence-corrected chi connectivity index (χ4v) is 1.54. The first-order valence-electron chi connectivity index (χ1n) is 4.61. The van der Waals surface area contributed by atoms with Crippen molar-refractivity contribution in [1.82, 2.24) is 9.55 Å². The second-order valence-electron chi connectivity index (χ2n) is 3.55. The van der Waals surface area contributed by atoms with E-state index in [0.29, 0.717) is 0 Å². The standard InChI is InChI=1S/C11H11N3/c1-8(2)11-13-9-5-3-4-6-10(9)14(11)7-12/h3-6,8H,1-2H3. The van der Waals surface area contributed by atoms with Gasteiger partial charge in [0.1, 0.15) is 5.82 Å². The van der Waals surface area contributed by atoms with Gasteiger partial charge in [-0.05, 0) is 12.1 Å². The average molecular weight is 185 g/mol. The number of aromatic nitrogens is 2. The van der Waals surface area contributed by atoms with E-state index in [2.05, 4.69) is 11.2 Å². The van der Waals surface area contributed by atoms with Crippen molar-refractivity contribution in [2.24, 2.45) is 0 Å². The number of fused-ring (bicyclic) bond motifs is 1. The molecule has 0 spiro atoms. The zero-order valence-corrected chi connectivity index (χ0v) is 8.23. The SMILES string of the molecule is CC(C)c1nc2ccccc2n1C#N. The summed E-state index contributed by atoms with van der Waals surface area (Å²) in [6, 6.07) is 7.69. The second-order valence-corrected chi connectivity index (χ2v) is 3.55. The summed E-state index contributed by atoms with van der Waals surface area (Å²) >= 11 is 0. The Bertz CT molecular complexity index is 503. The number of nitriles is 1. The topological polar surface area (TPSA) is 41.6 Å². The number of nitrogens with zero attached hydrogens (tertiary/aromatic N) is 3. The predicted octanol–water partition coefficient (Wildman–Crippen LogP) is 2.49. The van der Waals surface area contributed by atoms with Gasteiger partial charge >= 0.3 is 0 Å². The highest BCUT2D eigenvalue weighted by atomic mass is 15.1. The summed E-state index contributed by atoms with van der Waals surface area (Å²) in [6.45, 7) is 4.07. The quantitative estimate of drug-likeness (QED) is 0.684. The van der Waals surface area contributed by atoms with E-state index < -0.39 is 0 Å². The van der Waals surface area contributed by atoms with Gasteiger partial charge in [-0.1, -0.05) is 26.0 Å². The highest BCUT2D eigenvalue weighted by Crippen LogP contribution is 2.20. The molecular formula is C11H11N3. The molecule has 0 saturated heterocycles. The lowest BCUT2D eigenvalue weighted by Crippen LogP contribution is -1.99. The molecule has 0 aliphatic rings. The number of para-hydroxylation sites is 2. The van der Waals surface area contributed by atoms with Crippen LogP contribution in [-0.2, 0) is 0 Å². The van der Waals surface area contributed by atoms with Gasteiger partial charge in [0.2, 0.25) is 0 Å². The van der Waals surface area contributed by atoms with Gasteiger partial charge in [-0.2, -0.15) is 5.26 Å². The molecule has 0 fully saturated rings. The van der Waals surface area contributed by atoms with Gasteiger partial charge in [0.15, 0.2) is 6.19 Å². The van der Waals surface area contributed by atoms with E-state index in [1.54, 1.807) is 4.57 Å². The predicted molar refractivity (Wildman–Crippen MR) is 54.8 cm³/mol. The number of benzene rings is 1. The molecule has 3 nitrogen and oxygen atoms in total. The van der Waals surface area contributed by atoms with Crippen molar-refractivity contribution in [3.05, 3.63) is 30.1 Å². The van der Waals surface area contributed by atoms with E-state index in [0.717, 1.165) is 16.9 Å². The third-order valence-corrected chi connectivity index (χ3v) is 2.20. The van der Waals surface area contributed by atoms with Crippen LogP contribution in [0.25, 0.3) is 11.0 Å². The summed E-state index contributed by atoms with van der Waals surface area (Å²) in [6.07, 6.45) is 2.15. The summed E-state index contributed by atoms with van der Waals surface area (Å²) in [7, 11) is 0. The molecule has 3 heteroatoms. The average Bonchev–Trinajstić information content (AvgIpc) is 2.56. The Labute approximate surface area is 82.6 Å². The molecule has 0 amide bonds. The fourth-order valence-electron chi connectivity index (χ4n) is 1.54. The first kappa shape index (κ1) is 8.76. The maximum absolute atomic E-state index is 9.03. The van der Waals surface area contributed by atoms with Crippen LogP contribution >= 0.6 is 0 Å². The lowest BCUT2D eigenvalue weighted by molar-refractivity contribution is 0.764. The van der Waals surface area contributed by atoms with E-state index in [-0.39, 0.29) is 5.92 Å². The summed E-state index contributed by atoms with van der Waals surface area (Å²) in [5.41, 5.74) is 1.77. The fraction of sp³-hybridized carbons (Fsp3) is 0.273. The molecule has 0 N–H and O–H groups in total. The minimum absolute atomic E-state index is 0.266. The summed E-state index contributed by atoms with van der Waals surface area (Å²) < 4.78 is 1.60. The molecule has 0 radical (unpaired) electrons. The van der Waals surface area contributed by atoms with Crippen LogP contribution in [-0.4, -0.2) is 9.55 Å². The third-order valence-electron chi connectivity index (χ3n) is 2.20. The second kappa shape index (κ2) is 3.15. The Morgan fingerprint density at radius 1 is 1.36 bits per heavy atom. The Balaban J connectivity index is 2.81. The van der Waals surface area contributed by atoms with Crippen LogP contribution in [0.15, 0.2) is 24.3 Å². The van der Waals surface area contributed by atoms with Crippen LogP contribution in [0.3, 0.4) is 0 Å². The van der Waals surface area contributed by atoms with Gasteiger partial charge in [-0.25, -0.2) is 9.55 Å². The summed E-state index contributed by atoms with van der Waals surface area (Å²) in [4.78, 5) is 4.42. The van der Waals surface area contributed by atoms with Crippen molar-refractivity contribution in [2.45, 2.75) is 19.8 Å². The summed E-state index contributed by atoms with van der Waals surface area (Å²) in [5, 5.41) is 9.03. The molecule has 1 aromatic heterocycles. The van der Waals surface area contributed by atoms with E-state index in [1.165, 1.54) is 0 Å². The molecule has 0 bridgehead atoms. The van der Waals surface area contributed by atoms with Gasteiger partial charge in [-0.15, -0.1) is 0 Å². The first-order chi connectivity index (χ1) is 6.74. The van der Waals surface area contributed by atoms with Crippen LogP contribution < -0.4 is 0 Å². The van der Waals surface area contributed by atoms with E-state index in [1.807, 2.05) is 38.1 Å². The van der Waals surface area contributed by atoms with Crippen LogP contribution in [0.2, 0.25) is 0 Å². The smallest absolute Gasteiger partial charge is 0.190 e. The Morgan fingerprint density at radius 2 is 2.07 bits per heavy atom. The molecule has 0 aliphatic carbocycles. The molecule has 14 heavy (non-hydrogen) atoms. The molecule has 70 valence electrons. The van der Waals surface area contributed by atoms with Crippen LogP contribution in [0.1, 0.15) is 25.6 Å². The van der Waals surface area contributed by atoms with Crippen molar-refractivity contribution in [1.29, 1.82) is 5.26 Å². The highest BCUT2D eigenvalue weighted by Gasteiger charge is 2.12. The lowest BCUT2D eigenvalue weighted by atomic mass is 10.2. The van der Waals surface area contributed by atoms with Gasteiger partial charge in [-0.3, -0.25) is 0 Å². The minimum atomic E-state index is 0.266.